The molecule has 0 saturated heterocycles. The molecular weight excluding hydrogens is 250 g/mol. The molecule has 0 amide bonds. The molecule has 2 rings (SSSR count). The Morgan fingerprint density at radius 3 is 2.40 bits per heavy atom. The van der Waals surface area contributed by atoms with Crippen LogP contribution in [0, 0.1) is 11.3 Å². The predicted molar refractivity (Wildman–Crippen MR) is 77.6 cm³/mol. The highest BCUT2D eigenvalue weighted by Crippen LogP contribution is 2.22. The topological polar surface area (TPSA) is 57.9 Å². The summed E-state index contributed by atoms with van der Waals surface area (Å²) in [5, 5.41) is 12.0. The third-order valence-corrected chi connectivity index (χ3v) is 3.09. The molecule has 20 heavy (non-hydrogen) atoms. The molecule has 0 radical (unpaired) electrons. The van der Waals surface area contributed by atoms with Crippen molar-refractivity contribution in [1.29, 1.82) is 5.26 Å². The van der Waals surface area contributed by atoms with E-state index in [0.29, 0.717) is 17.1 Å². The molecule has 0 aliphatic heterocycles. The molecule has 1 atom stereocenters. The molecule has 4 heteroatoms. The van der Waals surface area contributed by atoms with Gasteiger partial charge in [0.2, 0.25) is 0 Å². The van der Waals surface area contributed by atoms with Gasteiger partial charge in [-0.15, -0.1) is 0 Å². The van der Waals surface area contributed by atoms with Gasteiger partial charge in [0.15, 0.2) is 0 Å². The first-order valence-electron chi connectivity index (χ1n) is 6.58. The van der Waals surface area contributed by atoms with Crippen molar-refractivity contribution in [1.82, 2.24) is 10.3 Å². The van der Waals surface area contributed by atoms with Gasteiger partial charge in [-0.2, -0.15) is 5.26 Å². The van der Waals surface area contributed by atoms with Crippen LogP contribution in [0.15, 0.2) is 42.6 Å². The molecule has 2 aromatic rings. The monoisotopic (exact) mass is 267 g/mol. The molecule has 0 aliphatic carbocycles. The molecule has 1 aromatic carbocycles. The zero-order chi connectivity index (χ0) is 14.4. The van der Waals surface area contributed by atoms with Crippen LogP contribution in [0.4, 0.5) is 0 Å². The summed E-state index contributed by atoms with van der Waals surface area (Å²) in [6.45, 7) is 2.12. The lowest BCUT2D eigenvalue weighted by molar-refractivity contribution is 0.477. The minimum Gasteiger partial charge on any atom is -0.456 e. The van der Waals surface area contributed by atoms with Crippen LogP contribution in [0.5, 0.6) is 11.5 Å². The summed E-state index contributed by atoms with van der Waals surface area (Å²) in [7, 11) is 1.93. The number of pyridine rings is 1. The van der Waals surface area contributed by atoms with Crippen LogP contribution in [0.2, 0.25) is 0 Å². The number of hydrogen-bond acceptors (Lipinski definition) is 4. The van der Waals surface area contributed by atoms with Gasteiger partial charge in [-0.1, -0.05) is 6.92 Å². The fourth-order valence-electron chi connectivity index (χ4n) is 1.95. The highest BCUT2D eigenvalue weighted by molar-refractivity contribution is 5.37. The number of benzene rings is 1. The van der Waals surface area contributed by atoms with Gasteiger partial charge >= 0.3 is 0 Å². The van der Waals surface area contributed by atoms with Crippen LogP contribution in [0.25, 0.3) is 0 Å². The summed E-state index contributed by atoms with van der Waals surface area (Å²) in [6.07, 6.45) is 2.70. The van der Waals surface area contributed by atoms with Gasteiger partial charge in [-0.05, 0) is 49.9 Å². The first-order chi connectivity index (χ1) is 9.76. The maximum Gasteiger partial charge on any atom is 0.145 e. The van der Waals surface area contributed by atoms with Crippen LogP contribution in [0.1, 0.15) is 30.6 Å². The largest absolute Gasteiger partial charge is 0.456 e. The van der Waals surface area contributed by atoms with E-state index in [2.05, 4.69) is 23.3 Å². The lowest BCUT2D eigenvalue weighted by Gasteiger charge is -2.13. The fraction of sp³-hybridized carbons (Fsp3) is 0.250. The SMILES string of the molecule is CCC(NC)c1ccc(Oc2ccc(C#N)cc2)cn1. The normalized spacial score (nSPS) is 11.7. The van der Waals surface area contributed by atoms with E-state index in [-0.39, 0.29) is 6.04 Å². The Labute approximate surface area is 119 Å². The molecule has 0 bridgehead atoms. The van der Waals surface area contributed by atoms with Crippen molar-refractivity contribution < 1.29 is 4.74 Å². The van der Waals surface area contributed by atoms with Crippen molar-refractivity contribution >= 4 is 0 Å². The van der Waals surface area contributed by atoms with Crippen molar-refractivity contribution in [3.63, 3.8) is 0 Å². The second kappa shape index (κ2) is 6.69. The highest BCUT2D eigenvalue weighted by atomic mass is 16.5. The summed E-state index contributed by atoms with van der Waals surface area (Å²) in [5.41, 5.74) is 1.62. The number of nitrogens with one attached hydrogen (secondary N) is 1. The molecule has 1 aromatic heterocycles. The summed E-state index contributed by atoms with van der Waals surface area (Å²) in [4.78, 5) is 4.41. The molecule has 1 N–H and O–H groups in total. The predicted octanol–water partition coefficient (Wildman–Crippen LogP) is 3.42. The Hall–Kier alpha value is -2.38. The first kappa shape index (κ1) is 14.0. The summed E-state index contributed by atoms with van der Waals surface area (Å²) >= 11 is 0. The van der Waals surface area contributed by atoms with Gasteiger partial charge in [0.25, 0.3) is 0 Å². The van der Waals surface area contributed by atoms with Crippen LogP contribution in [-0.2, 0) is 0 Å². The Morgan fingerprint density at radius 2 is 1.90 bits per heavy atom. The molecule has 1 heterocycles. The fourth-order valence-corrected chi connectivity index (χ4v) is 1.95. The maximum atomic E-state index is 8.74. The lowest BCUT2D eigenvalue weighted by Crippen LogP contribution is -2.16. The molecule has 0 saturated carbocycles. The van der Waals surface area contributed by atoms with E-state index in [1.807, 2.05) is 19.2 Å². The number of nitrogens with zero attached hydrogens (tertiary/aromatic N) is 2. The van der Waals surface area contributed by atoms with E-state index < -0.39 is 0 Å². The molecular formula is C16H17N3O. The van der Waals surface area contributed by atoms with Crippen molar-refractivity contribution in [3.8, 4) is 17.6 Å². The molecule has 0 aliphatic rings. The van der Waals surface area contributed by atoms with Crippen molar-refractivity contribution in [2.45, 2.75) is 19.4 Å². The second-order valence-corrected chi connectivity index (χ2v) is 4.41. The number of aromatic nitrogens is 1. The van der Waals surface area contributed by atoms with Crippen molar-refractivity contribution in [2.75, 3.05) is 7.05 Å². The summed E-state index contributed by atoms with van der Waals surface area (Å²) in [6, 6.07) is 13.2. The molecule has 102 valence electrons. The quantitative estimate of drug-likeness (QED) is 0.901. The van der Waals surface area contributed by atoms with E-state index in [1.54, 1.807) is 30.5 Å². The zero-order valence-corrected chi connectivity index (χ0v) is 11.6. The average Bonchev–Trinajstić information content (AvgIpc) is 2.51. The summed E-state index contributed by atoms with van der Waals surface area (Å²) < 4.78 is 5.69. The van der Waals surface area contributed by atoms with E-state index in [0.717, 1.165) is 12.1 Å². The molecule has 0 spiro atoms. The highest BCUT2D eigenvalue weighted by Gasteiger charge is 2.08. The lowest BCUT2D eigenvalue weighted by atomic mass is 10.1. The number of rotatable bonds is 5. The van der Waals surface area contributed by atoms with E-state index in [1.165, 1.54) is 0 Å². The average molecular weight is 267 g/mol. The van der Waals surface area contributed by atoms with E-state index >= 15 is 0 Å². The Morgan fingerprint density at radius 1 is 1.20 bits per heavy atom. The van der Waals surface area contributed by atoms with E-state index in [4.69, 9.17) is 10.00 Å². The molecule has 0 fully saturated rings. The number of hydrogen-bond donors (Lipinski definition) is 1. The van der Waals surface area contributed by atoms with Gasteiger partial charge in [-0.3, -0.25) is 4.98 Å². The smallest absolute Gasteiger partial charge is 0.145 e. The second-order valence-electron chi connectivity index (χ2n) is 4.41. The van der Waals surface area contributed by atoms with Gasteiger partial charge in [0.05, 0.1) is 23.5 Å². The third kappa shape index (κ3) is 3.34. The third-order valence-electron chi connectivity index (χ3n) is 3.09. The Balaban J connectivity index is 2.08. The standard InChI is InChI=1S/C16H17N3O/c1-3-15(18-2)16-9-8-14(11-19-16)20-13-6-4-12(10-17)5-7-13/h4-9,11,15,18H,3H2,1-2H3. The van der Waals surface area contributed by atoms with Crippen LogP contribution < -0.4 is 10.1 Å². The van der Waals surface area contributed by atoms with Crippen LogP contribution in [0.3, 0.4) is 0 Å². The molecule has 4 nitrogen and oxygen atoms in total. The Bertz CT molecular complexity index is 581. The van der Waals surface area contributed by atoms with Gasteiger partial charge < -0.3 is 10.1 Å². The minimum atomic E-state index is 0.263. The van der Waals surface area contributed by atoms with Crippen LogP contribution in [-0.4, -0.2) is 12.0 Å². The van der Waals surface area contributed by atoms with Gasteiger partial charge in [0.1, 0.15) is 11.5 Å². The van der Waals surface area contributed by atoms with Gasteiger partial charge in [0, 0.05) is 6.04 Å². The molecule has 1 unspecified atom stereocenters. The maximum absolute atomic E-state index is 8.74. The van der Waals surface area contributed by atoms with E-state index in [9.17, 15) is 0 Å². The van der Waals surface area contributed by atoms with Gasteiger partial charge in [-0.25, -0.2) is 0 Å². The minimum absolute atomic E-state index is 0.263. The number of ether oxygens (including phenoxy) is 1. The first-order valence-corrected chi connectivity index (χ1v) is 6.58. The summed E-state index contributed by atoms with van der Waals surface area (Å²) in [5.74, 6) is 1.38. The Kier molecular flexibility index (Phi) is 4.70. The van der Waals surface area contributed by atoms with Crippen molar-refractivity contribution in [2.24, 2.45) is 0 Å². The number of nitriles is 1. The van der Waals surface area contributed by atoms with Crippen molar-refractivity contribution in [3.05, 3.63) is 53.9 Å². The van der Waals surface area contributed by atoms with Crippen LogP contribution >= 0.6 is 0 Å². The zero-order valence-electron chi connectivity index (χ0n) is 11.6.